The van der Waals surface area contributed by atoms with E-state index in [1.54, 1.807) is 0 Å². The molecule has 0 saturated heterocycles. The minimum absolute atomic E-state index is 0.0692. The van der Waals surface area contributed by atoms with E-state index in [2.05, 4.69) is 10.1 Å². The van der Waals surface area contributed by atoms with Crippen LogP contribution in [-0.4, -0.2) is 43.7 Å². The Kier molecular flexibility index (Phi) is 5.95. The molecule has 1 aliphatic rings. The van der Waals surface area contributed by atoms with Crippen molar-refractivity contribution in [2.45, 2.75) is 18.6 Å². The van der Waals surface area contributed by atoms with Gasteiger partial charge < -0.3 is 14.8 Å². The number of fused-ring (bicyclic) bond motifs is 1. The molecular weight excluding hydrogens is 405 g/mol. The summed E-state index contributed by atoms with van der Waals surface area (Å²) in [5.74, 6) is -2.21. The minimum atomic E-state index is -4.83. The molecule has 0 aromatic heterocycles. The lowest BCUT2D eigenvalue weighted by atomic mass is 10.1. The van der Waals surface area contributed by atoms with Crippen LogP contribution in [0.2, 0.25) is 0 Å². The van der Waals surface area contributed by atoms with Crippen molar-refractivity contribution in [3.63, 3.8) is 0 Å². The fourth-order valence-electron chi connectivity index (χ4n) is 3.02. The van der Waals surface area contributed by atoms with Crippen LogP contribution in [-0.2, 0) is 14.3 Å². The summed E-state index contributed by atoms with van der Waals surface area (Å²) < 4.78 is 50.9. The molecule has 7 nitrogen and oxygen atoms in total. The summed E-state index contributed by atoms with van der Waals surface area (Å²) >= 11 is 0. The summed E-state index contributed by atoms with van der Waals surface area (Å²) in [6.07, 6.45) is -5.76. The lowest BCUT2D eigenvalue weighted by Gasteiger charge is -2.31. The monoisotopic (exact) mass is 422 g/mol. The van der Waals surface area contributed by atoms with Crippen molar-refractivity contribution in [1.82, 2.24) is 0 Å². The number of nitrogens with one attached hydrogen (secondary N) is 1. The number of methoxy groups -OCH3 is 1. The van der Waals surface area contributed by atoms with Gasteiger partial charge in [0.05, 0.1) is 30.5 Å². The van der Waals surface area contributed by atoms with Crippen LogP contribution in [0.1, 0.15) is 16.8 Å². The van der Waals surface area contributed by atoms with Gasteiger partial charge >= 0.3 is 12.1 Å². The maximum atomic E-state index is 13.7. The number of rotatable bonds is 4. The molecule has 2 aromatic rings. The van der Waals surface area contributed by atoms with Crippen LogP contribution in [0, 0.1) is 0 Å². The van der Waals surface area contributed by atoms with Crippen LogP contribution >= 0.6 is 0 Å². The zero-order valence-electron chi connectivity index (χ0n) is 15.7. The second-order valence-electron chi connectivity index (χ2n) is 6.40. The molecular formula is C20H17F3N2O5. The molecule has 0 unspecified atom stereocenters. The van der Waals surface area contributed by atoms with E-state index in [1.165, 1.54) is 55.6 Å². The standard InChI is InChI=1S/C20H17F3N2O5/c1-29-19(28)12-6-8-13(9-7-12)30-11-18(27)25-15-5-3-2-4-14(15)24-17(26)10-16(25)20(21,22)23/h2-9,16H,10-11H2,1H3,(H,24,26)/t16-/m1/s1. The number of para-hydroxylation sites is 2. The number of carbonyl (C=O) groups excluding carboxylic acids is 3. The number of amides is 2. The zero-order valence-corrected chi connectivity index (χ0v) is 15.7. The molecule has 1 heterocycles. The molecule has 0 bridgehead atoms. The number of anilines is 2. The molecule has 158 valence electrons. The van der Waals surface area contributed by atoms with Crippen LogP contribution in [0.4, 0.5) is 24.5 Å². The molecule has 1 aliphatic heterocycles. The highest BCUT2D eigenvalue weighted by Gasteiger charge is 2.49. The number of alkyl halides is 3. The largest absolute Gasteiger partial charge is 0.484 e. The predicted octanol–water partition coefficient (Wildman–Crippen LogP) is 3.16. The summed E-state index contributed by atoms with van der Waals surface area (Å²) in [6.45, 7) is -0.702. The summed E-state index contributed by atoms with van der Waals surface area (Å²) in [6, 6.07) is 8.98. The number of carbonyl (C=O) groups is 3. The Bertz CT molecular complexity index is 960. The van der Waals surface area contributed by atoms with E-state index in [1.807, 2.05) is 0 Å². The van der Waals surface area contributed by atoms with Crippen molar-refractivity contribution in [3.05, 3.63) is 54.1 Å². The van der Waals surface area contributed by atoms with Crippen LogP contribution < -0.4 is 15.0 Å². The molecule has 0 saturated carbocycles. The Morgan fingerprint density at radius 1 is 1.13 bits per heavy atom. The lowest BCUT2D eigenvalue weighted by molar-refractivity contribution is -0.158. The first kappa shape index (κ1) is 21.2. The van der Waals surface area contributed by atoms with E-state index >= 15 is 0 Å². The van der Waals surface area contributed by atoms with E-state index < -0.39 is 43.0 Å². The predicted molar refractivity (Wildman–Crippen MR) is 100 cm³/mol. The molecule has 1 N–H and O–H groups in total. The molecule has 3 rings (SSSR count). The SMILES string of the molecule is COC(=O)c1ccc(OCC(=O)N2c3ccccc3NC(=O)C[C@@H]2C(F)(F)F)cc1. The van der Waals surface area contributed by atoms with Crippen LogP contribution in [0.15, 0.2) is 48.5 Å². The molecule has 0 fully saturated rings. The number of nitrogens with zero attached hydrogens (tertiary/aromatic N) is 1. The number of ether oxygens (including phenoxy) is 2. The van der Waals surface area contributed by atoms with Gasteiger partial charge in [0.1, 0.15) is 11.8 Å². The third-order valence-electron chi connectivity index (χ3n) is 4.41. The van der Waals surface area contributed by atoms with Crippen molar-refractivity contribution >= 4 is 29.2 Å². The van der Waals surface area contributed by atoms with Crippen LogP contribution in [0.3, 0.4) is 0 Å². The summed E-state index contributed by atoms with van der Waals surface area (Å²) in [4.78, 5) is 36.7. The van der Waals surface area contributed by atoms with Gasteiger partial charge in [0.2, 0.25) is 5.91 Å². The van der Waals surface area contributed by atoms with Crippen molar-refractivity contribution < 1.29 is 37.0 Å². The Labute approximate surface area is 169 Å². The molecule has 30 heavy (non-hydrogen) atoms. The van der Waals surface area contributed by atoms with Crippen molar-refractivity contribution in [2.24, 2.45) is 0 Å². The van der Waals surface area contributed by atoms with E-state index in [-0.39, 0.29) is 22.7 Å². The molecule has 2 amide bonds. The number of hydrogen-bond donors (Lipinski definition) is 1. The van der Waals surface area contributed by atoms with Crippen molar-refractivity contribution in [1.29, 1.82) is 0 Å². The molecule has 0 radical (unpaired) electrons. The molecule has 10 heteroatoms. The number of esters is 1. The van der Waals surface area contributed by atoms with Gasteiger partial charge in [-0.3, -0.25) is 14.5 Å². The Balaban J connectivity index is 1.84. The molecule has 0 aliphatic carbocycles. The van der Waals surface area contributed by atoms with E-state index in [0.717, 1.165) is 0 Å². The van der Waals surface area contributed by atoms with Crippen LogP contribution in [0.5, 0.6) is 5.75 Å². The first-order valence-electron chi connectivity index (χ1n) is 8.79. The van der Waals surface area contributed by atoms with E-state index in [9.17, 15) is 27.6 Å². The fraction of sp³-hybridized carbons (Fsp3) is 0.250. The van der Waals surface area contributed by atoms with Gasteiger partial charge in [-0.25, -0.2) is 4.79 Å². The normalized spacial score (nSPS) is 16.2. The number of halogens is 3. The fourth-order valence-corrected chi connectivity index (χ4v) is 3.02. The number of benzene rings is 2. The highest BCUT2D eigenvalue weighted by atomic mass is 19.4. The third-order valence-corrected chi connectivity index (χ3v) is 4.41. The highest BCUT2D eigenvalue weighted by Crippen LogP contribution is 2.37. The second kappa shape index (κ2) is 8.44. The second-order valence-corrected chi connectivity index (χ2v) is 6.40. The summed E-state index contributed by atoms with van der Waals surface area (Å²) in [5, 5.41) is 2.39. The van der Waals surface area contributed by atoms with E-state index in [4.69, 9.17) is 4.74 Å². The molecule has 2 aromatic carbocycles. The highest BCUT2D eigenvalue weighted by molar-refractivity contribution is 6.05. The Hall–Kier alpha value is -3.56. The minimum Gasteiger partial charge on any atom is -0.484 e. The number of hydrogen-bond acceptors (Lipinski definition) is 5. The van der Waals surface area contributed by atoms with Crippen LogP contribution in [0.25, 0.3) is 0 Å². The van der Waals surface area contributed by atoms with Gasteiger partial charge in [-0.2, -0.15) is 13.2 Å². The van der Waals surface area contributed by atoms with E-state index in [0.29, 0.717) is 4.90 Å². The van der Waals surface area contributed by atoms with Gasteiger partial charge in [0, 0.05) is 0 Å². The first-order chi connectivity index (χ1) is 14.2. The van der Waals surface area contributed by atoms with Gasteiger partial charge in [-0.15, -0.1) is 0 Å². The maximum Gasteiger partial charge on any atom is 0.409 e. The average molecular weight is 422 g/mol. The van der Waals surface area contributed by atoms with Crippen molar-refractivity contribution in [2.75, 3.05) is 23.9 Å². The summed E-state index contributed by atoms with van der Waals surface area (Å²) in [7, 11) is 1.22. The third kappa shape index (κ3) is 4.53. The Morgan fingerprint density at radius 2 is 1.80 bits per heavy atom. The molecule has 1 atom stereocenters. The molecule has 0 spiro atoms. The summed E-state index contributed by atoms with van der Waals surface area (Å²) in [5.41, 5.74) is 0.282. The smallest absolute Gasteiger partial charge is 0.409 e. The maximum absolute atomic E-state index is 13.7. The van der Waals surface area contributed by atoms with Gasteiger partial charge in [-0.05, 0) is 36.4 Å². The quantitative estimate of drug-likeness (QED) is 0.766. The van der Waals surface area contributed by atoms with Gasteiger partial charge in [0.25, 0.3) is 5.91 Å². The Morgan fingerprint density at radius 3 is 2.43 bits per heavy atom. The zero-order chi connectivity index (χ0) is 21.9. The van der Waals surface area contributed by atoms with Gasteiger partial charge in [-0.1, -0.05) is 12.1 Å². The topological polar surface area (TPSA) is 84.9 Å². The van der Waals surface area contributed by atoms with Crippen molar-refractivity contribution in [3.8, 4) is 5.75 Å². The lowest BCUT2D eigenvalue weighted by Crippen LogP contribution is -2.51. The van der Waals surface area contributed by atoms with Gasteiger partial charge in [0.15, 0.2) is 6.61 Å². The first-order valence-corrected chi connectivity index (χ1v) is 8.79. The average Bonchev–Trinajstić information content (AvgIpc) is 2.87.